The monoisotopic (exact) mass is 668 g/mol. The standard InChI is InChI=1S/C33H32ClF3N6O2S/c1-42-21-5-2-4-16(21)15-45-28-24-27(40-32(41-31(24)42)44-11-9-33-8-3-10-43(33)14-17(35)12-33)26(37)23(25(28)34)18-6-7-20(36)29-22(18)19(13-38)30(39)46-29/h6-7,16-17,21H,2-5,8-12,14-15,39H2,1H3/t16?,17-,21?,33-/m1/s1. The van der Waals surface area contributed by atoms with Gasteiger partial charge in [-0.05, 0) is 50.3 Å². The molecule has 2 aromatic carbocycles. The highest BCUT2D eigenvalue weighted by Crippen LogP contribution is 2.52. The molecule has 0 amide bonds. The number of nitriles is 1. The normalized spacial score (nSPS) is 25.7. The summed E-state index contributed by atoms with van der Waals surface area (Å²) >= 11 is 7.97. The second-order valence-corrected chi connectivity index (χ2v) is 14.4. The number of nitrogens with two attached hydrogens (primary N) is 1. The predicted octanol–water partition coefficient (Wildman–Crippen LogP) is 7.24. The number of benzene rings is 2. The van der Waals surface area contributed by atoms with Crippen molar-refractivity contribution in [2.24, 2.45) is 5.92 Å². The van der Waals surface area contributed by atoms with Gasteiger partial charge in [-0.2, -0.15) is 15.2 Å². The molecule has 2 unspecified atom stereocenters. The van der Waals surface area contributed by atoms with Crippen molar-refractivity contribution in [2.45, 2.75) is 62.7 Å². The Morgan fingerprint density at radius 2 is 2.09 bits per heavy atom. The lowest BCUT2D eigenvalue weighted by atomic mass is 9.90. The summed E-state index contributed by atoms with van der Waals surface area (Å²) in [6.07, 6.45) is 5.08. The van der Waals surface area contributed by atoms with Gasteiger partial charge in [0.2, 0.25) is 0 Å². The average molecular weight is 669 g/mol. The zero-order chi connectivity index (χ0) is 31.9. The molecule has 13 heteroatoms. The van der Waals surface area contributed by atoms with Crippen molar-refractivity contribution in [2.75, 3.05) is 44.0 Å². The first-order valence-corrected chi connectivity index (χ1v) is 16.9. The number of ether oxygens (including phenoxy) is 2. The van der Waals surface area contributed by atoms with Crippen molar-refractivity contribution >= 4 is 54.7 Å². The minimum Gasteiger partial charge on any atom is -0.491 e. The number of fused-ring (bicyclic) bond motifs is 3. The maximum Gasteiger partial charge on any atom is 0.319 e. The van der Waals surface area contributed by atoms with Gasteiger partial charge in [-0.1, -0.05) is 24.1 Å². The molecule has 2 aromatic heterocycles. The molecule has 0 radical (unpaired) electrons. The molecule has 0 spiro atoms. The summed E-state index contributed by atoms with van der Waals surface area (Å²) < 4.78 is 59.1. The van der Waals surface area contributed by atoms with E-state index in [0.717, 1.165) is 50.0 Å². The summed E-state index contributed by atoms with van der Waals surface area (Å²) in [7, 11) is 1.94. The Bertz CT molecular complexity index is 1950. The molecule has 1 saturated carbocycles. The lowest BCUT2D eigenvalue weighted by Crippen LogP contribution is -2.39. The summed E-state index contributed by atoms with van der Waals surface area (Å²) in [6.45, 7) is 1.94. The second kappa shape index (κ2) is 11.0. The number of halogens is 4. The zero-order valence-corrected chi connectivity index (χ0v) is 26.8. The van der Waals surface area contributed by atoms with E-state index in [9.17, 15) is 14.0 Å². The number of rotatable bonds is 5. The molecule has 3 aliphatic heterocycles. The molecule has 1 aliphatic carbocycles. The zero-order valence-electron chi connectivity index (χ0n) is 25.2. The highest BCUT2D eigenvalue weighted by Gasteiger charge is 2.48. The topological polar surface area (TPSA) is 101 Å². The van der Waals surface area contributed by atoms with E-state index >= 15 is 4.39 Å². The number of thiophene rings is 1. The first-order chi connectivity index (χ1) is 22.2. The third kappa shape index (κ3) is 4.42. The molecule has 8 nitrogen and oxygen atoms in total. The fourth-order valence-corrected chi connectivity index (χ4v) is 9.73. The molecular weight excluding hydrogens is 637 g/mol. The molecule has 4 aromatic rings. The molecule has 3 fully saturated rings. The highest BCUT2D eigenvalue weighted by atomic mass is 35.5. The predicted molar refractivity (Wildman–Crippen MR) is 173 cm³/mol. The van der Waals surface area contributed by atoms with Gasteiger partial charge in [0, 0.05) is 48.5 Å². The molecule has 5 heterocycles. The van der Waals surface area contributed by atoms with Crippen LogP contribution < -0.4 is 20.1 Å². The smallest absolute Gasteiger partial charge is 0.319 e. The first kappa shape index (κ1) is 29.8. The number of hydrogen-bond acceptors (Lipinski definition) is 9. The van der Waals surface area contributed by atoms with E-state index in [-0.39, 0.29) is 78.2 Å². The molecule has 2 saturated heterocycles. The van der Waals surface area contributed by atoms with E-state index in [0.29, 0.717) is 37.2 Å². The summed E-state index contributed by atoms with van der Waals surface area (Å²) in [6, 6.07) is 4.79. The maximum atomic E-state index is 17.0. The lowest BCUT2D eigenvalue weighted by Gasteiger charge is -2.34. The van der Waals surface area contributed by atoms with Gasteiger partial charge in [0.05, 0.1) is 33.9 Å². The van der Waals surface area contributed by atoms with Crippen molar-refractivity contribution in [1.82, 2.24) is 14.9 Å². The molecule has 4 aliphatic rings. The van der Waals surface area contributed by atoms with Crippen molar-refractivity contribution < 1.29 is 22.6 Å². The number of alkyl halides is 1. The van der Waals surface area contributed by atoms with Crippen LogP contribution in [0.5, 0.6) is 11.8 Å². The van der Waals surface area contributed by atoms with E-state index < -0.39 is 17.8 Å². The number of nitrogen functional groups attached to an aromatic ring is 1. The highest BCUT2D eigenvalue weighted by molar-refractivity contribution is 7.23. The fraction of sp³-hybridized carbons (Fsp3) is 0.485. The van der Waals surface area contributed by atoms with Crippen molar-refractivity contribution in [3.05, 3.63) is 34.4 Å². The van der Waals surface area contributed by atoms with E-state index in [2.05, 4.69) is 14.8 Å². The van der Waals surface area contributed by atoms with Crippen molar-refractivity contribution in [3.8, 4) is 29.0 Å². The van der Waals surface area contributed by atoms with Gasteiger partial charge in [-0.15, -0.1) is 11.3 Å². The van der Waals surface area contributed by atoms with Crippen molar-refractivity contribution in [1.29, 1.82) is 5.26 Å². The number of hydrogen-bond donors (Lipinski definition) is 1. The van der Waals surface area contributed by atoms with Gasteiger partial charge in [0.15, 0.2) is 11.6 Å². The number of anilines is 2. The molecule has 8 rings (SSSR count). The van der Waals surface area contributed by atoms with Gasteiger partial charge in [0.25, 0.3) is 0 Å². The number of nitrogens with zero attached hydrogens (tertiary/aromatic N) is 5. The lowest BCUT2D eigenvalue weighted by molar-refractivity contribution is 0.146. The van der Waals surface area contributed by atoms with E-state index in [1.54, 1.807) is 0 Å². The Morgan fingerprint density at radius 3 is 2.91 bits per heavy atom. The Labute approximate surface area is 272 Å². The maximum absolute atomic E-state index is 17.0. The summed E-state index contributed by atoms with van der Waals surface area (Å²) in [5.41, 5.74) is 6.00. The van der Waals surface area contributed by atoms with Crippen LogP contribution >= 0.6 is 22.9 Å². The molecule has 4 atom stereocenters. The van der Waals surface area contributed by atoms with E-state index in [4.69, 9.17) is 31.8 Å². The van der Waals surface area contributed by atoms with Gasteiger partial charge >= 0.3 is 6.01 Å². The SMILES string of the molecule is CN1c2nc(OCC[C@@]34CCCN3C[C@H](F)C4)nc3c(F)c(-c4ccc(F)c5sc(N)c(C#N)c45)c(Cl)c(c23)OCC2CCCC21. The van der Waals surface area contributed by atoms with Crippen LogP contribution in [0, 0.1) is 28.9 Å². The Morgan fingerprint density at radius 1 is 1.24 bits per heavy atom. The summed E-state index contributed by atoms with van der Waals surface area (Å²) in [5, 5.41) is 10.5. The quantitative estimate of drug-likeness (QED) is 0.238. The Balaban J connectivity index is 1.30. The molecule has 0 bridgehead atoms. The minimum atomic E-state index is -0.851. The number of aromatic nitrogens is 2. The summed E-state index contributed by atoms with van der Waals surface area (Å²) in [4.78, 5) is 13.7. The first-order valence-electron chi connectivity index (χ1n) is 15.7. The van der Waals surface area contributed by atoms with Crippen LogP contribution in [0.2, 0.25) is 5.02 Å². The molecule has 240 valence electrons. The third-order valence-electron chi connectivity index (χ3n) is 10.6. The van der Waals surface area contributed by atoms with Crippen LogP contribution in [-0.4, -0.2) is 66.0 Å². The van der Waals surface area contributed by atoms with Gasteiger partial charge in [0.1, 0.15) is 34.4 Å². The van der Waals surface area contributed by atoms with Crippen LogP contribution in [0.1, 0.15) is 50.5 Å². The van der Waals surface area contributed by atoms with Gasteiger partial charge in [-0.25, -0.2) is 13.2 Å². The Kier molecular flexibility index (Phi) is 7.16. The van der Waals surface area contributed by atoms with E-state index in [1.165, 1.54) is 12.1 Å². The molecule has 2 N–H and O–H groups in total. The fourth-order valence-electron chi connectivity index (χ4n) is 8.45. The average Bonchev–Trinajstić information content (AvgIpc) is 3.79. The van der Waals surface area contributed by atoms with Crippen LogP contribution in [-0.2, 0) is 0 Å². The molecule has 46 heavy (non-hydrogen) atoms. The van der Waals surface area contributed by atoms with Crippen LogP contribution in [0.3, 0.4) is 0 Å². The van der Waals surface area contributed by atoms with E-state index in [1.807, 2.05) is 13.1 Å². The third-order valence-corrected chi connectivity index (χ3v) is 12.0. The summed E-state index contributed by atoms with van der Waals surface area (Å²) in [5.74, 6) is -0.468. The van der Waals surface area contributed by atoms with Crippen molar-refractivity contribution in [3.63, 3.8) is 0 Å². The minimum absolute atomic E-state index is 0.0000740. The van der Waals surface area contributed by atoms with Crippen LogP contribution in [0.4, 0.5) is 24.0 Å². The van der Waals surface area contributed by atoms with Crippen LogP contribution in [0.25, 0.3) is 32.1 Å². The Hall–Kier alpha value is -3.53. The van der Waals surface area contributed by atoms with Crippen LogP contribution in [0.15, 0.2) is 12.1 Å². The second-order valence-electron chi connectivity index (χ2n) is 13.0. The molecular formula is C33H32ClF3N6O2S. The van der Waals surface area contributed by atoms with Gasteiger partial charge in [-0.3, -0.25) is 4.90 Å². The van der Waals surface area contributed by atoms with Gasteiger partial charge < -0.3 is 20.1 Å². The largest absolute Gasteiger partial charge is 0.491 e.